The largest absolute Gasteiger partial charge is 0.497 e. The van der Waals surface area contributed by atoms with Crippen LogP contribution in [-0.4, -0.2) is 31.3 Å². The number of aromatic nitrogens is 5. The molecule has 3 aromatic heterocycles. The molecule has 0 N–H and O–H groups in total. The van der Waals surface area contributed by atoms with Crippen LogP contribution in [0, 0.1) is 0 Å². The van der Waals surface area contributed by atoms with Crippen molar-refractivity contribution in [1.29, 1.82) is 0 Å². The lowest BCUT2D eigenvalue weighted by molar-refractivity contribution is 0.415. The Hall–Kier alpha value is -3.13. The van der Waals surface area contributed by atoms with Crippen molar-refractivity contribution in [1.82, 2.24) is 24.1 Å². The maximum atomic E-state index is 12.2. The van der Waals surface area contributed by atoms with Gasteiger partial charge < -0.3 is 9.30 Å². The molecule has 8 heteroatoms. The van der Waals surface area contributed by atoms with E-state index in [0.29, 0.717) is 17.1 Å². The van der Waals surface area contributed by atoms with Crippen molar-refractivity contribution in [2.75, 3.05) is 7.11 Å². The Kier molecular flexibility index (Phi) is 4.64. The monoisotopic (exact) mass is 379 g/mol. The Balaban J connectivity index is 1.55. The molecule has 3 heterocycles. The van der Waals surface area contributed by atoms with Crippen LogP contribution in [0.5, 0.6) is 5.75 Å². The summed E-state index contributed by atoms with van der Waals surface area (Å²) in [6, 6.07) is 14.7. The van der Waals surface area contributed by atoms with E-state index in [1.165, 1.54) is 16.2 Å². The van der Waals surface area contributed by atoms with Crippen LogP contribution in [0.25, 0.3) is 17.0 Å². The fourth-order valence-electron chi connectivity index (χ4n) is 2.75. The summed E-state index contributed by atoms with van der Waals surface area (Å²) in [4.78, 5) is 16.7. The van der Waals surface area contributed by atoms with E-state index in [4.69, 9.17) is 4.74 Å². The van der Waals surface area contributed by atoms with Gasteiger partial charge in [0.1, 0.15) is 11.4 Å². The van der Waals surface area contributed by atoms with Gasteiger partial charge in [-0.1, -0.05) is 17.8 Å². The second-order valence-corrected chi connectivity index (χ2v) is 6.84. The van der Waals surface area contributed by atoms with Crippen LogP contribution in [0.1, 0.15) is 5.69 Å². The average molecular weight is 379 g/mol. The molecule has 0 aliphatic rings. The summed E-state index contributed by atoms with van der Waals surface area (Å²) in [6.07, 6.45) is 1.71. The van der Waals surface area contributed by atoms with Gasteiger partial charge in [-0.05, 0) is 36.4 Å². The van der Waals surface area contributed by atoms with Gasteiger partial charge in [-0.15, -0.1) is 10.2 Å². The molecule has 4 rings (SSSR count). The highest BCUT2D eigenvalue weighted by Crippen LogP contribution is 2.25. The van der Waals surface area contributed by atoms with Crippen molar-refractivity contribution in [3.8, 4) is 17.1 Å². The van der Waals surface area contributed by atoms with Crippen LogP contribution < -0.4 is 10.3 Å². The zero-order chi connectivity index (χ0) is 18.8. The topological polar surface area (TPSA) is 74.3 Å². The van der Waals surface area contributed by atoms with E-state index < -0.39 is 0 Å². The lowest BCUT2D eigenvalue weighted by Gasteiger charge is -2.06. The Morgan fingerprint density at radius 3 is 2.70 bits per heavy atom. The Labute approximate surface area is 159 Å². The van der Waals surface area contributed by atoms with Crippen molar-refractivity contribution in [2.45, 2.75) is 10.9 Å². The molecule has 0 spiro atoms. The molecule has 7 nitrogen and oxygen atoms in total. The molecule has 4 aromatic rings. The van der Waals surface area contributed by atoms with E-state index >= 15 is 0 Å². The number of nitrogens with zero attached hydrogens (tertiary/aromatic N) is 5. The van der Waals surface area contributed by atoms with Crippen LogP contribution >= 0.6 is 11.8 Å². The van der Waals surface area contributed by atoms with Crippen LogP contribution in [0.3, 0.4) is 0 Å². The van der Waals surface area contributed by atoms with Gasteiger partial charge in [0.05, 0.1) is 12.8 Å². The van der Waals surface area contributed by atoms with Gasteiger partial charge >= 0.3 is 0 Å². The Bertz CT molecular complexity index is 1150. The van der Waals surface area contributed by atoms with Crippen LogP contribution in [0.2, 0.25) is 0 Å². The first-order valence-corrected chi connectivity index (χ1v) is 9.28. The Morgan fingerprint density at radius 1 is 1.11 bits per heavy atom. The SMILES string of the molecule is COc1ccc(-c2nnc(SCc3cc(=O)n4ccccc4n3)n2C)cc1. The maximum Gasteiger partial charge on any atom is 0.258 e. The quantitative estimate of drug-likeness (QED) is 0.497. The van der Waals surface area contributed by atoms with E-state index in [1.54, 1.807) is 19.4 Å². The Morgan fingerprint density at radius 2 is 1.93 bits per heavy atom. The molecule has 0 atom stereocenters. The summed E-state index contributed by atoms with van der Waals surface area (Å²) >= 11 is 1.49. The number of methoxy groups -OCH3 is 1. The second-order valence-electron chi connectivity index (χ2n) is 5.90. The predicted octanol–water partition coefficient (Wildman–Crippen LogP) is 2.79. The number of fused-ring (bicyclic) bond motifs is 1. The summed E-state index contributed by atoms with van der Waals surface area (Å²) in [5.41, 5.74) is 2.22. The number of hydrogen-bond donors (Lipinski definition) is 0. The van der Waals surface area contributed by atoms with Gasteiger partial charge in [0.25, 0.3) is 5.56 Å². The minimum atomic E-state index is -0.0897. The third kappa shape index (κ3) is 3.43. The third-order valence-electron chi connectivity index (χ3n) is 4.16. The van der Waals surface area contributed by atoms with Gasteiger partial charge in [-0.2, -0.15) is 0 Å². The van der Waals surface area contributed by atoms with E-state index in [-0.39, 0.29) is 5.56 Å². The molecule has 0 aliphatic heterocycles. The van der Waals surface area contributed by atoms with E-state index in [9.17, 15) is 4.79 Å². The molecule has 136 valence electrons. The molecule has 0 aliphatic carbocycles. The molecule has 0 fully saturated rings. The van der Waals surface area contributed by atoms with Crippen molar-refractivity contribution < 1.29 is 4.74 Å². The molecular formula is C19H17N5O2S. The first-order chi connectivity index (χ1) is 13.2. The molecule has 0 radical (unpaired) electrons. The van der Waals surface area contributed by atoms with Gasteiger partial charge in [0.15, 0.2) is 11.0 Å². The number of hydrogen-bond acceptors (Lipinski definition) is 6. The fourth-order valence-corrected chi connectivity index (χ4v) is 3.55. The van der Waals surface area contributed by atoms with Crippen LogP contribution in [-0.2, 0) is 12.8 Å². The number of pyridine rings is 1. The molecule has 0 bridgehead atoms. The van der Waals surface area contributed by atoms with Crippen LogP contribution in [0.4, 0.5) is 0 Å². The average Bonchev–Trinajstić information content (AvgIpc) is 3.07. The third-order valence-corrected chi connectivity index (χ3v) is 5.21. The lowest BCUT2D eigenvalue weighted by atomic mass is 10.2. The number of benzene rings is 1. The summed E-state index contributed by atoms with van der Waals surface area (Å²) in [5.74, 6) is 2.10. The first kappa shape index (κ1) is 17.3. The summed E-state index contributed by atoms with van der Waals surface area (Å²) < 4.78 is 8.64. The van der Waals surface area contributed by atoms with Gasteiger partial charge in [-0.3, -0.25) is 9.20 Å². The van der Waals surface area contributed by atoms with Crippen LogP contribution in [0.15, 0.2) is 64.7 Å². The number of thioether (sulfide) groups is 1. The smallest absolute Gasteiger partial charge is 0.258 e. The highest BCUT2D eigenvalue weighted by molar-refractivity contribution is 7.98. The molecule has 0 unspecified atom stereocenters. The summed E-state index contributed by atoms with van der Waals surface area (Å²) in [6.45, 7) is 0. The van der Waals surface area contributed by atoms with Crippen molar-refractivity contribution in [3.63, 3.8) is 0 Å². The molecule has 0 amide bonds. The summed E-state index contributed by atoms with van der Waals surface area (Å²) in [7, 11) is 3.56. The molecule has 0 saturated carbocycles. The highest BCUT2D eigenvalue weighted by atomic mass is 32.2. The fraction of sp³-hybridized carbons (Fsp3) is 0.158. The van der Waals surface area contributed by atoms with Gasteiger partial charge in [0, 0.05) is 30.6 Å². The zero-order valence-corrected chi connectivity index (χ0v) is 15.7. The molecular weight excluding hydrogens is 362 g/mol. The van der Waals surface area contributed by atoms with E-state index in [1.807, 2.05) is 54.1 Å². The predicted molar refractivity (Wildman–Crippen MR) is 104 cm³/mol. The number of rotatable bonds is 5. The van der Waals surface area contributed by atoms with Crippen molar-refractivity contribution >= 4 is 17.4 Å². The molecule has 0 saturated heterocycles. The minimum Gasteiger partial charge on any atom is -0.497 e. The summed E-state index contributed by atoms with van der Waals surface area (Å²) in [5, 5.41) is 9.31. The van der Waals surface area contributed by atoms with Gasteiger partial charge in [0.2, 0.25) is 0 Å². The lowest BCUT2D eigenvalue weighted by Crippen LogP contribution is -2.14. The normalized spacial score (nSPS) is 11.0. The zero-order valence-electron chi connectivity index (χ0n) is 14.9. The maximum absolute atomic E-state index is 12.2. The van der Waals surface area contributed by atoms with Gasteiger partial charge in [-0.25, -0.2) is 4.98 Å². The van der Waals surface area contributed by atoms with Crippen molar-refractivity contribution in [2.24, 2.45) is 7.05 Å². The minimum absolute atomic E-state index is 0.0897. The molecule has 27 heavy (non-hydrogen) atoms. The highest BCUT2D eigenvalue weighted by Gasteiger charge is 2.12. The first-order valence-electron chi connectivity index (χ1n) is 8.29. The molecule has 1 aromatic carbocycles. The standard InChI is InChI=1S/C19H17N5O2S/c1-23-18(13-6-8-15(26-2)9-7-13)21-22-19(23)27-12-14-11-17(25)24-10-4-3-5-16(24)20-14/h3-11H,12H2,1-2H3. The second kappa shape index (κ2) is 7.24. The van der Waals surface area contributed by atoms with E-state index in [0.717, 1.165) is 22.3 Å². The van der Waals surface area contributed by atoms with Crippen molar-refractivity contribution in [3.05, 3.63) is 70.8 Å². The number of ether oxygens (including phenoxy) is 1. The van der Waals surface area contributed by atoms with E-state index in [2.05, 4.69) is 15.2 Å².